The molecule has 0 bridgehead atoms. The molecular formula is C8H11NOS. The van der Waals surface area contributed by atoms with Crippen LogP contribution in [-0.2, 0) is 0 Å². The molecule has 0 aliphatic rings. The van der Waals surface area contributed by atoms with Crippen LogP contribution in [-0.4, -0.2) is 16.2 Å². The predicted octanol–water partition coefficient (Wildman–Crippen LogP) is 1.85. The molecule has 0 aromatic carbocycles. The Bertz CT molecular complexity index is 252. The van der Waals surface area contributed by atoms with Crippen molar-refractivity contribution in [1.82, 2.24) is 4.98 Å². The van der Waals surface area contributed by atoms with Crippen LogP contribution in [0.3, 0.4) is 0 Å². The number of aliphatic hydroxyl groups is 1. The molecule has 1 N–H and O–H groups in total. The first-order valence-corrected chi connectivity index (χ1v) is 4.35. The Morgan fingerprint density at radius 3 is 2.91 bits per heavy atom. The first kappa shape index (κ1) is 8.43. The van der Waals surface area contributed by atoms with Crippen molar-refractivity contribution in [3.63, 3.8) is 0 Å². The Balaban J connectivity index is 2.64. The van der Waals surface area contributed by atoms with Crippen LogP contribution >= 0.6 is 11.3 Å². The summed E-state index contributed by atoms with van der Waals surface area (Å²) in [6, 6.07) is 0. The Morgan fingerprint density at radius 2 is 2.45 bits per heavy atom. The van der Waals surface area contributed by atoms with E-state index >= 15 is 0 Å². The van der Waals surface area contributed by atoms with Gasteiger partial charge in [0.2, 0.25) is 0 Å². The molecule has 3 heteroatoms. The van der Waals surface area contributed by atoms with Gasteiger partial charge in [-0.3, -0.25) is 0 Å². The van der Waals surface area contributed by atoms with Crippen LogP contribution in [0, 0.1) is 6.92 Å². The lowest BCUT2D eigenvalue weighted by Crippen LogP contribution is -1.90. The quantitative estimate of drug-likeness (QED) is 0.733. The fourth-order valence-corrected chi connectivity index (χ4v) is 1.37. The van der Waals surface area contributed by atoms with E-state index in [-0.39, 0.29) is 6.10 Å². The van der Waals surface area contributed by atoms with E-state index in [1.807, 2.05) is 18.4 Å². The maximum Gasteiger partial charge on any atom is 0.116 e. The lowest BCUT2D eigenvalue weighted by Gasteiger charge is -1.90. The lowest BCUT2D eigenvalue weighted by molar-refractivity contribution is 0.245. The minimum Gasteiger partial charge on any atom is -0.389 e. The van der Waals surface area contributed by atoms with Crippen molar-refractivity contribution < 1.29 is 5.11 Å². The Kier molecular flexibility index (Phi) is 2.79. The zero-order valence-corrected chi connectivity index (χ0v) is 7.43. The first-order chi connectivity index (χ1) is 5.18. The summed E-state index contributed by atoms with van der Waals surface area (Å²) in [4.78, 5) is 4.20. The lowest BCUT2D eigenvalue weighted by atomic mass is 10.3. The first-order valence-electron chi connectivity index (χ1n) is 3.47. The van der Waals surface area contributed by atoms with Crippen LogP contribution < -0.4 is 0 Å². The van der Waals surface area contributed by atoms with Crippen molar-refractivity contribution in [1.29, 1.82) is 0 Å². The van der Waals surface area contributed by atoms with Gasteiger partial charge in [-0.1, -0.05) is 6.08 Å². The van der Waals surface area contributed by atoms with Gasteiger partial charge in [0.05, 0.1) is 6.10 Å². The van der Waals surface area contributed by atoms with Gasteiger partial charge in [-0.05, 0) is 19.9 Å². The topological polar surface area (TPSA) is 33.1 Å². The Labute approximate surface area is 70.2 Å². The molecule has 1 heterocycles. The molecule has 0 radical (unpaired) electrons. The highest BCUT2D eigenvalue weighted by Gasteiger charge is 1.92. The van der Waals surface area contributed by atoms with E-state index in [9.17, 15) is 0 Å². The SMILES string of the molecule is Cc1csc(/C=C/C(C)O)n1. The molecule has 0 amide bonds. The molecule has 0 saturated carbocycles. The van der Waals surface area contributed by atoms with Gasteiger partial charge in [0.15, 0.2) is 0 Å². The molecular weight excluding hydrogens is 158 g/mol. The summed E-state index contributed by atoms with van der Waals surface area (Å²) in [7, 11) is 0. The predicted molar refractivity (Wildman–Crippen MR) is 47.6 cm³/mol. The number of nitrogens with zero attached hydrogens (tertiary/aromatic N) is 1. The summed E-state index contributed by atoms with van der Waals surface area (Å²) in [6.45, 7) is 3.67. The summed E-state index contributed by atoms with van der Waals surface area (Å²) >= 11 is 1.58. The van der Waals surface area contributed by atoms with Gasteiger partial charge in [0.25, 0.3) is 0 Å². The van der Waals surface area contributed by atoms with E-state index in [0.29, 0.717) is 0 Å². The average Bonchev–Trinajstić information content (AvgIpc) is 2.31. The van der Waals surface area contributed by atoms with Crippen LogP contribution in [0.1, 0.15) is 17.6 Å². The van der Waals surface area contributed by atoms with Gasteiger partial charge in [-0.15, -0.1) is 11.3 Å². The Morgan fingerprint density at radius 1 is 1.73 bits per heavy atom. The second-order valence-electron chi connectivity index (χ2n) is 2.43. The van der Waals surface area contributed by atoms with E-state index in [2.05, 4.69) is 4.98 Å². The highest BCUT2D eigenvalue weighted by molar-refractivity contribution is 7.10. The zero-order chi connectivity index (χ0) is 8.27. The summed E-state index contributed by atoms with van der Waals surface area (Å²) in [6.07, 6.45) is 3.17. The molecule has 0 saturated heterocycles. The van der Waals surface area contributed by atoms with Gasteiger partial charge in [-0.25, -0.2) is 4.98 Å². The highest BCUT2D eigenvalue weighted by Crippen LogP contribution is 2.10. The number of hydrogen-bond acceptors (Lipinski definition) is 3. The monoisotopic (exact) mass is 169 g/mol. The number of thiazole rings is 1. The number of aryl methyl sites for hydroxylation is 1. The summed E-state index contributed by atoms with van der Waals surface area (Å²) in [5.41, 5.74) is 1.03. The molecule has 11 heavy (non-hydrogen) atoms. The average molecular weight is 169 g/mol. The van der Waals surface area contributed by atoms with E-state index in [0.717, 1.165) is 10.7 Å². The third-order valence-electron chi connectivity index (χ3n) is 1.15. The van der Waals surface area contributed by atoms with Gasteiger partial charge in [-0.2, -0.15) is 0 Å². The maximum atomic E-state index is 8.91. The third-order valence-corrected chi connectivity index (χ3v) is 2.08. The van der Waals surface area contributed by atoms with Crippen LogP contribution in [0.25, 0.3) is 6.08 Å². The molecule has 1 unspecified atom stereocenters. The molecule has 60 valence electrons. The molecule has 1 atom stereocenters. The van der Waals surface area contributed by atoms with Crippen molar-refractivity contribution in [3.05, 3.63) is 22.2 Å². The van der Waals surface area contributed by atoms with Crippen LogP contribution in [0.5, 0.6) is 0 Å². The van der Waals surface area contributed by atoms with E-state index in [1.165, 1.54) is 0 Å². The molecule has 0 aliphatic heterocycles. The van der Waals surface area contributed by atoms with Gasteiger partial charge < -0.3 is 5.11 Å². The van der Waals surface area contributed by atoms with Crippen molar-refractivity contribution in [2.45, 2.75) is 20.0 Å². The van der Waals surface area contributed by atoms with Crippen LogP contribution in [0.4, 0.5) is 0 Å². The molecule has 1 rings (SSSR count). The van der Waals surface area contributed by atoms with Crippen LogP contribution in [0.2, 0.25) is 0 Å². The van der Waals surface area contributed by atoms with Crippen LogP contribution in [0.15, 0.2) is 11.5 Å². The maximum absolute atomic E-state index is 8.91. The van der Waals surface area contributed by atoms with E-state index in [1.54, 1.807) is 24.3 Å². The molecule has 1 aromatic rings. The van der Waals surface area contributed by atoms with Gasteiger partial charge in [0.1, 0.15) is 5.01 Å². The normalized spacial score (nSPS) is 14.1. The molecule has 0 aliphatic carbocycles. The van der Waals surface area contributed by atoms with Crippen molar-refractivity contribution in [3.8, 4) is 0 Å². The molecule has 2 nitrogen and oxygen atoms in total. The van der Waals surface area contributed by atoms with Gasteiger partial charge >= 0.3 is 0 Å². The Hall–Kier alpha value is -0.670. The number of aromatic nitrogens is 1. The fraction of sp³-hybridized carbons (Fsp3) is 0.375. The third kappa shape index (κ3) is 2.82. The van der Waals surface area contributed by atoms with E-state index < -0.39 is 0 Å². The number of aliphatic hydroxyl groups excluding tert-OH is 1. The highest BCUT2D eigenvalue weighted by atomic mass is 32.1. The minimum atomic E-state index is -0.390. The van der Waals surface area contributed by atoms with Crippen molar-refractivity contribution in [2.24, 2.45) is 0 Å². The smallest absolute Gasteiger partial charge is 0.116 e. The summed E-state index contributed by atoms with van der Waals surface area (Å²) < 4.78 is 0. The molecule has 0 fully saturated rings. The fourth-order valence-electron chi connectivity index (χ4n) is 0.670. The number of rotatable bonds is 2. The second-order valence-corrected chi connectivity index (χ2v) is 3.32. The van der Waals surface area contributed by atoms with Crippen molar-refractivity contribution in [2.75, 3.05) is 0 Å². The second kappa shape index (κ2) is 3.64. The summed E-state index contributed by atoms with van der Waals surface area (Å²) in [5, 5.41) is 11.8. The van der Waals surface area contributed by atoms with Gasteiger partial charge in [0, 0.05) is 11.1 Å². The standard InChI is InChI=1S/C8H11NOS/c1-6-5-11-8(9-6)4-3-7(2)10/h3-5,7,10H,1-2H3/b4-3+. The summed E-state index contributed by atoms with van der Waals surface area (Å²) in [5.74, 6) is 0. The molecule has 0 spiro atoms. The number of hydrogen-bond donors (Lipinski definition) is 1. The molecule has 1 aromatic heterocycles. The van der Waals surface area contributed by atoms with E-state index in [4.69, 9.17) is 5.11 Å². The zero-order valence-electron chi connectivity index (χ0n) is 6.61. The largest absolute Gasteiger partial charge is 0.389 e. The van der Waals surface area contributed by atoms with Crippen molar-refractivity contribution >= 4 is 17.4 Å². The minimum absolute atomic E-state index is 0.390.